The van der Waals surface area contributed by atoms with E-state index in [0.29, 0.717) is 26.2 Å². The zero-order chi connectivity index (χ0) is 11.8. The zero-order valence-electron chi connectivity index (χ0n) is 9.56. The number of rotatable bonds is 7. The van der Waals surface area contributed by atoms with Gasteiger partial charge < -0.3 is 19.9 Å². The second-order valence-electron chi connectivity index (χ2n) is 3.66. The summed E-state index contributed by atoms with van der Waals surface area (Å²) in [6, 6.07) is -0.0181. The first-order valence-electron chi connectivity index (χ1n) is 5.41. The molecule has 0 spiro atoms. The predicted octanol–water partition coefficient (Wildman–Crippen LogP) is 0.0960. The topological polar surface area (TPSA) is 70.8 Å². The summed E-state index contributed by atoms with van der Waals surface area (Å²) in [7, 11) is 1.61. The van der Waals surface area contributed by atoms with Crippen LogP contribution in [0.15, 0.2) is 12.2 Å². The third-order valence-electron chi connectivity index (χ3n) is 2.32. The monoisotopic (exact) mass is 229 g/mol. The molecule has 0 heterocycles. The number of esters is 1. The molecule has 2 atom stereocenters. The molecule has 0 aliphatic heterocycles. The summed E-state index contributed by atoms with van der Waals surface area (Å²) in [5, 5.41) is 0. The first-order chi connectivity index (χ1) is 7.74. The van der Waals surface area contributed by atoms with Gasteiger partial charge in [0.05, 0.1) is 25.7 Å². The number of carbonyl (C=O) groups excluding carboxylic acids is 1. The van der Waals surface area contributed by atoms with Crippen LogP contribution in [0.25, 0.3) is 0 Å². The molecule has 5 nitrogen and oxygen atoms in total. The molecule has 0 amide bonds. The van der Waals surface area contributed by atoms with Crippen LogP contribution < -0.4 is 5.73 Å². The van der Waals surface area contributed by atoms with Gasteiger partial charge >= 0.3 is 5.97 Å². The second-order valence-corrected chi connectivity index (χ2v) is 3.66. The fourth-order valence-electron chi connectivity index (χ4n) is 1.45. The zero-order valence-corrected chi connectivity index (χ0v) is 9.56. The van der Waals surface area contributed by atoms with Gasteiger partial charge in [-0.3, -0.25) is 4.79 Å². The third kappa shape index (κ3) is 4.74. The van der Waals surface area contributed by atoms with Crippen LogP contribution in [0.2, 0.25) is 0 Å². The Labute approximate surface area is 95.5 Å². The van der Waals surface area contributed by atoms with E-state index in [1.54, 1.807) is 13.2 Å². The largest absolute Gasteiger partial charge is 0.463 e. The van der Waals surface area contributed by atoms with Crippen molar-refractivity contribution in [2.45, 2.75) is 12.5 Å². The summed E-state index contributed by atoms with van der Waals surface area (Å²) in [5.74, 6) is -0.409. The van der Waals surface area contributed by atoms with Gasteiger partial charge in [-0.25, -0.2) is 0 Å². The van der Waals surface area contributed by atoms with Crippen LogP contribution in [0.1, 0.15) is 6.42 Å². The maximum absolute atomic E-state index is 11.5. The van der Waals surface area contributed by atoms with Gasteiger partial charge in [-0.2, -0.15) is 0 Å². The Bertz CT molecular complexity index is 242. The summed E-state index contributed by atoms with van der Waals surface area (Å²) in [5.41, 5.74) is 5.64. The van der Waals surface area contributed by atoms with Crippen molar-refractivity contribution in [3.63, 3.8) is 0 Å². The van der Waals surface area contributed by atoms with Gasteiger partial charge in [-0.1, -0.05) is 12.2 Å². The fourth-order valence-corrected chi connectivity index (χ4v) is 1.45. The molecule has 0 aromatic carbocycles. The summed E-state index contributed by atoms with van der Waals surface area (Å²) < 4.78 is 15.0. The highest BCUT2D eigenvalue weighted by molar-refractivity contribution is 5.75. The minimum absolute atomic E-state index is 0.0181. The molecule has 1 rings (SSSR count). The fraction of sp³-hybridized carbons (Fsp3) is 0.727. The third-order valence-corrected chi connectivity index (χ3v) is 2.32. The van der Waals surface area contributed by atoms with Gasteiger partial charge in [0.2, 0.25) is 0 Å². The van der Waals surface area contributed by atoms with Crippen LogP contribution in [0.3, 0.4) is 0 Å². The van der Waals surface area contributed by atoms with Crippen LogP contribution in [0.4, 0.5) is 0 Å². The Kier molecular flexibility index (Phi) is 6.07. The average Bonchev–Trinajstić information content (AvgIpc) is 2.70. The molecule has 0 saturated heterocycles. The second kappa shape index (κ2) is 7.38. The van der Waals surface area contributed by atoms with Crippen LogP contribution in [0, 0.1) is 5.92 Å². The lowest BCUT2D eigenvalue weighted by molar-refractivity contribution is -0.148. The Morgan fingerprint density at radius 2 is 2.06 bits per heavy atom. The molecular weight excluding hydrogens is 210 g/mol. The van der Waals surface area contributed by atoms with Gasteiger partial charge in [0.15, 0.2) is 0 Å². The van der Waals surface area contributed by atoms with Gasteiger partial charge in [0, 0.05) is 13.2 Å². The number of hydrogen-bond acceptors (Lipinski definition) is 5. The molecule has 2 unspecified atom stereocenters. The number of hydrogen-bond donors (Lipinski definition) is 1. The number of methoxy groups -OCH3 is 1. The number of carbonyl (C=O) groups is 1. The molecule has 0 aromatic heterocycles. The summed E-state index contributed by atoms with van der Waals surface area (Å²) in [4.78, 5) is 11.5. The van der Waals surface area contributed by atoms with Gasteiger partial charge in [-0.05, 0) is 6.42 Å². The van der Waals surface area contributed by atoms with Crippen molar-refractivity contribution in [1.82, 2.24) is 0 Å². The maximum Gasteiger partial charge on any atom is 0.312 e. The highest BCUT2D eigenvalue weighted by Crippen LogP contribution is 2.17. The molecule has 0 aromatic rings. The molecule has 0 radical (unpaired) electrons. The summed E-state index contributed by atoms with van der Waals surface area (Å²) in [6.45, 7) is 1.75. The Morgan fingerprint density at radius 1 is 1.31 bits per heavy atom. The smallest absolute Gasteiger partial charge is 0.312 e. The maximum atomic E-state index is 11.5. The molecular formula is C11H19NO4. The minimum atomic E-state index is -0.223. The van der Waals surface area contributed by atoms with E-state index >= 15 is 0 Å². The van der Waals surface area contributed by atoms with Gasteiger partial charge in [-0.15, -0.1) is 0 Å². The van der Waals surface area contributed by atoms with Gasteiger partial charge in [0.25, 0.3) is 0 Å². The van der Waals surface area contributed by atoms with E-state index in [9.17, 15) is 4.79 Å². The molecule has 1 aliphatic rings. The van der Waals surface area contributed by atoms with Crippen molar-refractivity contribution in [1.29, 1.82) is 0 Å². The lowest BCUT2D eigenvalue weighted by atomic mass is 10.1. The Hall–Kier alpha value is -0.910. The highest BCUT2D eigenvalue weighted by Gasteiger charge is 2.23. The van der Waals surface area contributed by atoms with Crippen molar-refractivity contribution in [2.24, 2.45) is 11.7 Å². The molecule has 5 heteroatoms. The molecule has 0 fully saturated rings. The van der Waals surface area contributed by atoms with Crippen LogP contribution in [-0.4, -0.2) is 45.5 Å². The summed E-state index contributed by atoms with van der Waals surface area (Å²) >= 11 is 0. The van der Waals surface area contributed by atoms with Crippen molar-refractivity contribution >= 4 is 5.97 Å². The van der Waals surface area contributed by atoms with Gasteiger partial charge in [0.1, 0.15) is 6.61 Å². The first-order valence-corrected chi connectivity index (χ1v) is 5.41. The van der Waals surface area contributed by atoms with Crippen molar-refractivity contribution < 1.29 is 19.0 Å². The van der Waals surface area contributed by atoms with E-state index in [1.807, 2.05) is 6.08 Å². The molecule has 0 saturated carbocycles. The predicted molar refractivity (Wildman–Crippen MR) is 58.9 cm³/mol. The molecule has 16 heavy (non-hydrogen) atoms. The minimum Gasteiger partial charge on any atom is -0.463 e. The van der Waals surface area contributed by atoms with E-state index in [-0.39, 0.29) is 24.5 Å². The highest BCUT2D eigenvalue weighted by atomic mass is 16.6. The van der Waals surface area contributed by atoms with E-state index < -0.39 is 0 Å². The molecule has 0 bridgehead atoms. The van der Waals surface area contributed by atoms with E-state index in [0.717, 1.165) is 0 Å². The Balaban J connectivity index is 2.01. The normalized spacial score (nSPS) is 23.6. The first kappa shape index (κ1) is 13.2. The Morgan fingerprint density at radius 3 is 2.69 bits per heavy atom. The lowest BCUT2D eigenvalue weighted by Crippen LogP contribution is -2.22. The van der Waals surface area contributed by atoms with Crippen LogP contribution in [-0.2, 0) is 19.0 Å². The van der Waals surface area contributed by atoms with E-state index in [4.69, 9.17) is 19.9 Å². The van der Waals surface area contributed by atoms with E-state index in [1.165, 1.54) is 0 Å². The average molecular weight is 229 g/mol. The SMILES string of the molecule is COCCOCCOC(=O)C1C=CC(N)C1. The quantitative estimate of drug-likeness (QED) is 0.381. The lowest BCUT2D eigenvalue weighted by Gasteiger charge is -2.09. The standard InChI is InChI=1S/C11H19NO4/c1-14-4-5-15-6-7-16-11(13)9-2-3-10(12)8-9/h2-3,9-10H,4-8,12H2,1H3. The summed E-state index contributed by atoms with van der Waals surface area (Å²) in [6.07, 6.45) is 4.28. The van der Waals surface area contributed by atoms with Crippen molar-refractivity contribution in [3.8, 4) is 0 Å². The van der Waals surface area contributed by atoms with Crippen LogP contribution in [0.5, 0.6) is 0 Å². The van der Waals surface area contributed by atoms with Crippen molar-refractivity contribution in [3.05, 3.63) is 12.2 Å². The number of ether oxygens (including phenoxy) is 3. The number of nitrogens with two attached hydrogens (primary N) is 1. The van der Waals surface area contributed by atoms with E-state index in [2.05, 4.69) is 0 Å². The van der Waals surface area contributed by atoms with Crippen LogP contribution >= 0.6 is 0 Å². The molecule has 1 aliphatic carbocycles. The van der Waals surface area contributed by atoms with Crippen molar-refractivity contribution in [2.75, 3.05) is 33.5 Å². The molecule has 92 valence electrons. The molecule has 2 N–H and O–H groups in total.